The Morgan fingerprint density at radius 1 is 1.38 bits per heavy atom. The third-order valence-corrected chi connectivity index (χ3v) is 2.18. The lowest BCUT2D eigenvalue weighted by Crippen LogP contribution is -2.18. The van der Waals surface area contributed by atoms with Crippen LogP contribution in [0.2, 0.25) is 0 Å². The molecule has 88 valence electrons. The summed E-state index contributed by atoms with van der Waals surface area (Å²) in [4.78, 5) is 0. The molecule has 0 saturated heterocycles. The Morgan fingerprint density at radius 2 is 1.94 bits per heavy atom. The smallest absolute Gasteiger partial charge is 0.321 e. The van der Waals surface area contributed by atoms with Gasteiger partial charge in [-0.25, -0.2) is 4.39 Å². The first-order chi connectivity index (χ1) is 7.23. The maximum atomic E-state index is 12.9. The SMILES string of the molecule is C=C(C)C(N)c1cc(F)ccc1C(F)(F)F. The second kappa shape index (κ2) is 4.25. The van der Waals surface area contributed by atoms with Gasteiger partial charge in [0.1, 0.15) is 5.82 Å². The van der Waals surface area contributed by atoms with Gasteiger partial charge in [0.05, 0.1) is 11.6 Å². The zero-order valence-electron chi connectivity index (χ0n) is 8.61. The molecule has 1 aromatic rings. The molecular weight excluding hydrogens is 222 g/mol. The molecule has 1 nitrogen and oxygen atoms in total. The summed E-state index contributed by atoms with van der Waals surface area (Å²) < 4.78 is 50.7. The van der Waals surface area contributed by atoms with E-state index in [1.807, 2.05) is 0 Å². The van der Waals surface area contributed by atoms with Gasteiger partial charge in [0, 0.05) is 0 Å². The van der Waals surface area contributed by atoms with Crippen molar-refractivity contribution in [2.24, 2.45) is 5.73 Å². The topological polar surface area (TPSA) is 26.0 Å². The molecule has 0 aliphatic rings. The predicted molar refractivity (Wildman–Crippen MR) is 53.1 cm³/mol. The van der Waals surface area contributed by atoms with Gasteiger partial charge in [-0.05, 0) is 30.7 Å². The molecule has 2 N–H and O–H groups in total. The molecule has 0 spiro atoms. The van der Waals surface area contributed by atoms with E-state index in [0.717, 1.165) is 12.1 Å². The first kappa shape index (κ1) is 12.7. The second-order valence-electron chi connectivity index (χ2n) is 3.55. The van der Waals surface area contributed by atoms with E-state index in [1.165, 1.54) is 6.92 Å². The van der Waals surface area contributed by atoms with Gasteiger partial charge in [0.25, 0.3) is 0 Å². The third kappa shape index (κ3) is 2.61. The quantitative estimate of drug-likeness (QED) is 0.614. The van der Waals surface area contributed by atoms with E-state index in [-0.39, 0.29) is 5.56 Å². The Labute approximate surface area is 90.6 Å². The van der Waals surface area contributed by atoms with Crippen LogP contribution in [-0.2, 0) is 6.18 Å². The fourth-order valence-electron chi connectivity index (χ4n) is 1.31. The number of benzene rings is 1. The van der Waals surface area contributed by atoms with Crippen LogP contribution in [0, 0.1) is 5.82 Å². The molecule has 16 heavy (non-hydrogen) atoms. The molecule has 0 saturated carbocycles. The van der Waals surface area contributed by atoms with Gasteiger partial charge in [-0.1, -0.05) is 12.2 Å². The summed E-state index contributed by atoms with van der Waals surface area (Å²) in [6.07, 6.45) is -4.55. The summed E-state index contributed by atoms with van der Waals surface area (Å²) in [6.45, 7) is 4.97. The van der Waals surface area contributed by atoms with Crippen LogP contribution in [0.1, 0.15) is 24.1 Å². The molecule has 1 unspecified atom stereocenters. The van der Waals surface area contributed by atoms with Crippen molar-refractivity contribution in [2.75, 3.05) is 0 Å². The van der Waals surface area contributed by atoms with Crippen molar-refractivity contribution in [1.82, 2.24) is 0 Å². The Balaban J connectivity index is 3.35. The zero-order chi connectivity index (χ0) is 12.5. The molecule has 5 heteroatoms. The van der Waals surface area contributed by atoms with Crippen LogP contribution in [-0.4, -0.2) is 0 Å². The lowest BCUT2D eigenvalue weighted by atomic mass is 9.96. The minimum Gasteiger partial charge on any atom is -0.321 e. The van der Waals surface area contributed by atoms with Gasteiger partial charge < -0.3 is 5.73 Å². The highest BCUT2D eigenvalue weighted by Gasteiger charge is 2.34. The molecule has 0 aromatic heterocycles. The summed E-state index contributed by atoms with van der Waals surface area (Å²) >= 11 is 0. The molecule has 1 rings (SSSR count). The molecule has 0 bridgehead atoms. The Bertz CT molecular complexity index is 409. The van der Waals surface area contributed by atoms with Gasteiger partial charge >= 0.3 is 6.18 Å². The van der Waals surface area contributed by atoms with E-state index in [2.05, 4.69) is 6.58 Å². The third-order valence-electron chi connectivity index (χ3n) is 2.18. The van der Waals surface area contributed by atoms with Crippen molar-refractivity contribution in [3.8, 4) is 0 Å². The molecule has 0 fully saturated rings. The molecule has 0 radical (unpaired) electrons. The van der Waals surface area contributed by atoms with Crippen molar-refractivity contribution in [2.45, 2.75) is 19.1 Å². The Morgan fingerprint density at radius 3 is 2.38 bits per heavy atom. The van der Waals surface area contributed by atoms with Crippen LogP contribution in [0.3, 0.4) is 0 Å². The van der Waals surface area contributed by atoms with Crippen LogP contribution < -0.4 is 5.73 Å². The normalized spacial score (nSPS) is 13.6. The van der Waals surface area contributed by atoms with E-state index in [4.69, 9.17) is 5.73 Å². The highest BCUT2D eigenvalue weighted by Crippen LogP contribution is 2.35. The maximum absolute atomic E-state index is 12.9. The van der Waals surface area contributed by atoms with E-state index >= 15 is 0 Å². The number of hydrogen-bond donors (Lipinski definition) is 1. The molecule has 0 amide bonds. The largest absolute Gasteiger partial charge is 0.416 e. The van der Waals surface area contributed by atoms with E-state index in [1.54, 1.807) is 0 Å². The Hall–Kier alpha value is -1.36. The summed E-state index contributed by atoms with van der Waals surface area (Å²) in [7, 11) is 0. The molecule has 1 atom stereocenters. The van der Waals surface area contributed by atoms with E-state index in [9.17, 15) is 17.6 Å². The molecule has 0 heterocycles. The van der Waals surface area contributed by atoms with Crippen LogP contribution >= 0.6 is 0 Å². The highest BCUT2D eigenvalue weighted by atomic mass is 19.4. The highest BCUT2D eigenvalue weighted by molar-refractivity contribution is 5.36. The van der Waals surface area contributed by atoms with E-state index < -0.39 is 23.6 Å². The number of alkyl halides is 3. The van der Waals surface area contributed by atoms with Gasteiger partial charge in [0.2, 0.25) is 0 Å². The average Bonchev–Trinajstić information content (AvgIpc) is 2.14. The summed E-state index contributed by atoms with van der Waals surface area (Å²) in [5.74, 6) is -0.750. The van der Waals surface area contributed by atoms with Gasteiger partial charge in [-0.3, -0.25) is 0 Å². The molecule has 0 aliphatic heterocycles. The number of rotatable bonds is 2. The molecule has 0 aliphatic carbocycles. The molecular formula is C11H11F4N. The summed E-state index contributed by atoms with van der Waals surface area (Å²) in [5, 5.41) is 0. The summed E-state index contributed by atoms with van der Waals surface area (Å²) in [5.41, 5.74) is 4.66. The zero-order valence-corrected chi connectivity index (χ0v) is 8.61. The maximum Gasteiger partial charge on any atom is 0.416 e. The monoisotopic (exact) mass is 233 g/mol. The van der Waals surface area contributed by atoms with Crippen molar-refractivity contribution >= 4 is 0 Å². The number of hydrogen-bond acceptors (Lipinski definition) is 1. The lowest BCUT2D eigenvalue weighted by molar-refractivity contribution is -0.138. The number of nitrogens with two attached hydrogens (primary N) is 1. The fourth-order valence-corrected chi connectivity index (χ4v) is 1.31. The van der Waals surface area contributed by atoms with Crippen LogP contribution in [0.25, 0.3) is 0 Å². The van der Waals surface area contributed by atoms with Crippen molar-refractivity contribution in [3.63, 3.8) is 0 Å². The first-order valence-electron chi connectivity index (χ1n) is 4.51. The van der Waals surface area contributed by atoms with Gasteiger partial charge in [0.15, 0.2) is 0 Å². The van der Waals surface area contributed by atoms with Crippen molar-refractivity contribution in [1.29, 1.82) is 0 Å². The van der Waals surface area contributed by atoms with Gasteiger partial charge in [-0.2, -0.15) is 13.2 Å². The van der Waals surface area contributed by atoms with Crippen LogP contribution in [0.5, 0.6) is 0 Å². The number of halogens is 4. The minimum absolute atomic E-state index is 0.292. The standard InChI is InChI=1S/C11H11F4N/c1-6(2)10(16)8-5-7(12)3-4-9(8)11(13,14)15/h3-5,10H,1,16H2,2H3. The lowest BCUT2D eigenvalue weighted by Gasteiger charge is -2.18. The van der Waals surface area contributed by atoms with Gasteiger partial charge in [-0.15, -0.1) is 0 Å². The van der Waals surface area contributed by atoms with Crippen LogP contribution in [0.4, 0.5) is 17.6 Å². The summed E-state index contributed by atoms with van der Waals surface area (Å²) in [6, 6.07) is 1.22. The first-order valence-corrected chi connectivity index (χ1v) is 4.51. The van der Waals surface area contributed by atoms with E-state index in [0.29, 0.717) is 11.6 Å². The second-order valence-corrected chi connectivity index (χ2v) is 3.55. The van der Waals surface area contributed by atoms with Crippen molar-refractivity contribution < 1.29 is 17.6 Å². The van der Waals surface area contributed by atoms with Crippen molar-refractivity contribution in [3.05, 3.63) is 47.3 Å². The molecule has 1 aromatic carbocycles. The average molecular weight is 233 g/mol. The minimum atomic E-state index is -4.55. The Kier molecular flexibility index (Phi) is 3.38. The van der Waals surface area contributed by atoms with Crippen LogP contribution in [0.15, 0.2) is 30.4 Å². The fraction of sp³-hybridized carbons (Fsp3) is 0.273. The predicted octanol–water partition coefficient (Wildman–Crippen LogP) is 3.42.